The molecule has 0 N–H and O–H groups in total. The molecule has 0 bridgehead atoms. The van der Waals surface area contributed by atoms with Crippen molar-refractivity contribution in [3.05, 3.63) is 0 Å². The fourth-order valence-electron chi connectivity index (χ4n) is 0. The van der Waals surface area contributed by atoms with Gasteiger partial charge in [0.2, 0.25) is 0 Å². The van der Waals surface area contributed by atoms with E-state index in [0.29, 0.717) is 0 Å². The Labute approximate surface area is 105 Å². The zero-order valence-corrected chi connectivity index (χ0v) is 16.4. The van der Waals surface area contributed by atoms with Crippen LogP contribution in [0.4, 0.5) is 0 Å². The predicted octanol–water partition coefficient (Wildman–Crippen LogP) is -4.58. The van der Waals surface area contributed by atoms with E-state index in [-0.39, 0.29) is 107 Å². The van der Waals surface area contributed by atoms with E-state index in [1.165, 1.54) is 0 Å². The Hall–Kier alpha value is 3.30. The second-order valence-electron chi connectivity index (χ2n) is 0. The summed E-state index contributed by atoms with van der Waals surface area (Å²) in [6.45, 7) is 0. The van der Waals surface area contributed by atoms with E-state index in [4.69, 9.17) is 0 Å². The fourth-order valence-corrected chi connectivity index (χ4v) is 0. The third-order valence-corrected chi connectivity index (χ3v) is 0. The van der Waals surface area contributed by atoms with Crippen molar-refractivity contribution in [1.29, 1.82) is 0 Å². The van der Waals surface area contributed by atoms with Crippen LogP contribution in [-0.2, 0) is 16.8 Å². The van der Waals surface area contributed by atoms with E-state index in [2.05, 4.69) is 0 Å². The topological polar surface area (TPSA) is 0 Å². The maximum Gasteiger partial charge on any atom is 0 e. The van der Waals surface area contributed by atoms with Crippen LogP contribution in [0.1, 0.15) is 0 Å². The van der Waals surface area contributed by atoms with Crippen molar-refractivity contribution in [3.63, 3.8) is 0 Å². The summed E-state index contributed by atoms with van der Waals surface area (Å²) in [5.41, 5.74) is 0. The van der Waals surface area contributed by atoms with Gasteiger partial charge < -0.3 is 0 Å². The van der Waals surface area contributed by atoms with Crippen molar-refractivity contribution >= 4 is 89.8 Å². The summed E-state index contributed by atoms with van der Waals surface area (Å²) in [6.07, 6.45) is 0. The van der Waals surface area contributed by atoms with E-state index in [1.54, 1.807) is 0 Å². The van der Waals surface area contributed by atoms with Crippen LogP contribution in [-0.4, -0.2) is 89.8 Å². The Morgan fingerprint density at radius 2 is 0.333 bits per heavy atom. The SMILES string of the molecule is [AsH2].[AsH2].[AsH2].[AsH2].[AsH2].[Co]. The van der Waals surface area contributed by atoms with Crippen LogP contribution in [0, 0.1) is 0 Å². The molecule has 0 unspecified atom stereocenters. The molecule has 0 aliphatic rings. The average molecular weight is 444 g/mol. The second kappa shape index (κ2) is 40.6. The molecule has 0 nitrogen and oxygen atoms in total. The monoisotopic (exact) mass is 444 g/mol. The van der Waals surface area contributed by atoms with E-state index in [9.17, 15) is 0 Å². The first-order valence-corrected chi connectivity index (χ1v) is 0. The van der Waals surface area contributed by atoms with Gasteiger partial charge in [0.1, 0.15) is 0 Å². The Balaban J connectivity index is 0. The molecule has 0 heterocycles. The predicted molar refractivity (Wildman–Crippen MR) is 42.7 cm³/mol. The van der Waals surface area contributed by atoms with E-state index in [1.807, 2.05) is 0 Å². The van der Waals surface area contributed by atoms with Crippen LogP contribution in [0.25, 0.3) is 0 Å². The summed E-state index contributed by atoms with van der Waals surface area (Å²) in [6, 6.07) is 0. The van der Waals surface area contributed by atoms with Gasteiger partial charge in [0.25, 0.3) is 0 Å². The van der Waals surface area contributed by atoms with Crippen molar-refractivity contribution in [3.8, 4) is 0 Å². The molecule has 0 aromatic carbocycles. The first kappa shape index (κ1) is 58.9. The minimum absolute atomic E-state index is 0. The Morgan fingerprint density at radius 1 is 0.333 bits per heavy atom. The Kier molecular flexibility index (Phi) is 398. The van der Waals surface area contributed by atoms with Gasteiger partial charge in [-0.1, -0.05) is 0 Å². The van der Waals surface area contributed by atoms with Gasteiger partial charge >= 0.3 is 89.8 Å². The minimum Gasteiger partial charge on any atom is 0 e. The molecule has 0 spiro atoms. The molecule has 44 valence electrons. The third-order valence-electron chi connectivity index (χ3n) is 0. The molecule has 0 rings (SSSR count). The number of hydrogen-bond donors (Lipinski definition) is 0. The number of hydrogen-bond acceptors (Lipinski definition) is 0. The molecule has 0 amide bonds. The molecule has 0 fully saturated rings. The summed E-state index contributed by atoms with van der Waals surface area (Å²) in [4.78, 5) is 0. The molecule has 0 aliphatic carbocycles. The average Bonchev–Trinajstić information content (AvgIpc) is 0. The third kappa shape index (κ3) is 26.6. The van der Waals surface area contributed by atoms with Crippen molar-refractivity contribution in [2.45, 2.75) is 0 Å². The maximum absolute atomic E-state index is 0. The largest absolute Gasteiger partial charge is 0 e. The van der Waals surface area contributed by atoms with Crippen molar-refractivity contribution < 1.29 is 16.8 Å². The maximum atomic E-state index is 0. The molecular formula is H10As5Co. The molecule has 6 heavy (non-hydrogen) atoms. The normalized spacial score (nSPS) is 0. The van der Waals surface area contributed by atoms with Gasteiger partial charge in [0, 0.05) is 16.8 Å². The van der Waals surface area contributed by atoms with Gasteiger partial charge in [0.05, 0.1) is 0 Å². The summed E-state index contributed by atoms with van der Waals surface area (Å²) >= 11 is 0. The summed E-state index contributed by atoms with van der Waals surface area (Å²) in [5.74, 6) is 0. The van der Waals surface area contributed by atoms with Crippen molar-refractivity contribution in [2.75, 3.05) is 0 Å². The van der Waals surface area contributed by atoms with Crippen LogP contribution < -0.4 is 0 Å². The van der Waals surface area contributed by atoms with Crippen LogP contribution in [0.3, 0.4) is 0 Å². The molecule has 0 atom stereocenters. The quantitative estimate of drug-likeness (QED) is 0.331. The van der Waals surface area contributed by atoms with Crippen LogP contribution in [0.2, 0.25) is 0 Å². The summed E-state index contributed by atoms with van der Waals surface area (Å²) in [7, 11) is 0. The minimum atomic E-state index is 0. The smallest absolute Gasteiger partial charge is 0 e. The molecule has 0 aliphatic heterocycles. The fraction of sp³-hybridized carbons (Fsp3) is 0. The van der Waals surface area contributed by atoms with Gasteiger partial charge in [-0.3, -0.25) is 0 Å². The molecule has 6 radical (unpaired) electrons. The van der Waals surface area contributed by atoms with Crippen LogP contribution >= 0.6 is 0 Å². The van der Waals surface area contributed by atoms with Crippen LogP contribution in [0.5, 0.6) is 0 Å². The molecular weight excluding hydrogens is 434 g/mol. The van der Waals surface area contributed by atoms with E-state index in [0.717, 1.165) is 0 Å². The van der Waals surface area contributed by atoms with Gasteiger partial charge in [-0.15, -0.1) is 0 Å². The standard InChI is InChI=1S/5AsH2.Co/h5*1H2;. The molecule has 0 saturated carbocycles. The first-order chi connectivity index (χ1) is 0. The van der Waals surface area contributed by atoms with E-state index >= 15 is 0 Å². The van der Waals surface area contributed by atoms with Gasteiger partial charge in [-0.05, 0) is 0 Å². The zero-order valence-electron chi connectivity index (χ0n) is 3.22. The summed E-state index contributed by atoms with van der Waals surface area (Å²) in [5, 5.41) is 0. The Morgan fingerprint density at radius 3 is 0.333 bits per heavy atom. The molecule has 0 aromatic rings. The Bertz CT molecular complexity index is 3.90. The van der Waals surface area contributed by atoms with Gasteiger partial charge in [-0.25, -0.2) is 0 Å². The molecule has 0 aromatic heterocycles. The van der Waals surface area contributed by atoms with E-state index < -0.39 is 0 Å². The first-order valence-electron chi connectivity index (χ1n) is 0. The van der Waals surface area contributed by atoms with Crippen LogP contribution in [0.15, 0.2) is 0 Å². The second-order valence-corrected chi connectivity index (χ2v) is 0. The van der Waals surface area contributed by atoms with Gasteiger partial charge in [0.15, 0.2) is 0 Å². The molecule has 0 saturated heterocycles. The van der Waals surface area contributed by atoms with Gasteiger partial charge in [-0.2, -0.15) is 0 Å². The van der Waals surface area contributed by atoms with Crippen molar-refractivity contribution in [2.24, 2.45) is 0 Å². The number of rotatable bonds is 0. The summed E-state index contributed by atoms with van der Waals surface area (Å²) < 4.78 is 0. The zero-order chi connectivity index (χ0) is 0. The molecule has 6 heteroatoms. The van der Waals surface area contributed by atoms with Crippen molar-refractivity contribution in [1.82, 2.24) is 0 Å².